The molecule has 0 radical (unpaired) electrons. The van der Waals surface area contributed by atoms with Gasteiger partial charge in [-0.3, -0.25) is 14.5 Å². The number of benzene rings is 2. The zero-order valence-corrected chi connectivity index (χ0v) is 19.2. The molecule has 32 heavy (non-hydrogen) atoms. The van der Waals surface area contributed by atoms with Crippen molar-refractivity contribution >= 4 is 46.1 Å². The van der Waals surface area contributed by atoms with Crippen LogP contribution >= 0.6 is 22.9 Å². The molecule has 0 aliphatic carbocycles. The molecule has 0 saturated carbocycles. The van der Waals surface area contributed by atoms with Gasteiger partial charge in [-0.25, -0.2) is 0 Å². The van der Waals surface area contributed by atoms with Gasteiger partial charge >= 0.3 is 0 Å². The first kappa shape index (κ1) is 21.9. The predicted molar refractivity (Wildman–Crippen MR) is 125 cm³/mol. The lowest BCUT2D eigenvalue weighted by Crippen LogP contribution is -2.29. The van der Waals surface area contributed by atoms with E-state index in [9.17, 15) is 14.7 Å². The number of ether oxygens (including phenoxy) is 2. The van der Waals surface area contributed by atoms with E-state index in [0.717, 1.165) is 10.4 Å². The van der Waals surface area contributed by atoms with Gasteiger partial charge in [0, 0.05) is 16.1 Å². The number of Topliss-reactive ketones (excluding diaryl/α,β-unsaturated/α-hetero) is 1. The molecule has 0 spiro atoms. The molecule has 1 aliphatic heterocycles. The van der Waals surface area contributed by atoms with Crippen LogP contribution < -0.4 is 14.4 Å². The van der Waals surface area contributed by atoms with Gasteiger partial charge in [-0.05, 0) is 66.4 Å². The van der Waals surface area contributed by atoms with Crippen LogP contribution in [0.3, 0.4) is 0 Å². The molecule has 1 saturated heterocycles. The van der Waals surface area contributed by atoms with Gasteiger partial charge in [-0.15, -0.1) is 11.3 Å². The molecule has 1 atom stereocenters. The van der Waals surface area contributed by atoms with Crippen LogP contribution in [0.4, 0.5) is 5.69 Å². The summed E-state index contributed by atoms with van der Waals surface area (Å²) in [6, 6.07) is 12.7. The quantitative estimate of drug-likeness (QED) is 0.309. The zero-order valence-electron chi connectivity index (χ0n) is 17.6. The SMILES string of the molecule is COc1ccc(N2C(=O)C(=O)/C(=C(\O)c3ccc(OC)c(Cl)c3)C2c2sccc2C)cc1. The lowest BCUT2D eigenvalue weighted by molar-refractivity contribution is -0.132. The second-order valence-corrected chi connectivity index (χ2v) is 8.54. The maximum absolute atomic E-state index is 13.2. The van der Waals surface area contributed by atoms with Crippen molar-refractivity contribution in [2.75, 3.05) is 19.1 Å². The van der Waals surface area contributed by atoms with Crippen molar-refractivity contribution in [2.45, 2.75) is 13.0 Å². The summed E-state index contributed by atoms with van der Waals surface area (Å²) in [6.07, 6.45) is 0. The number of carbonyl (C=O) groups is 2. The Bertz CT molecular complexity index is 1230. The summed E-state index contributed by atoms with van der Waals surface area (Å²) in [6.45, 7) is 1.91. The Kier molecular flexibility index (Phi) is 5.95. The van der Waals surface area contributed by atoms with E-state index >= 15 is 0 Å². The molecule has 3 aromatic rings. The van der Waals surface area contributed by atoms with E-state index in [1.165, 1.54) is 29.4 Å². The van der Waals surface area contributed by atoms with Gasteiger partial charge in [0.2, 0.25) is 0 Å². The van der Waals surface area contributed by atoms with Crippen molar-refractivity contribution in [1.82, 2.24) is 0 Å². The number of hydrogen-bond donors (Lipinski definition) is 1. The molecule has 1 aliphatic rings. The number of halogens is 1. The number of amides is 1. The molecule has 2 aromatic carbocycles. The molecule has 4 rings (SSSR count). The highest BCUT2D eigenvalue weighted by atomic mass is 35.5. The highest BCUT2D eigenvalue weighted by molar-refractivity contribution is 7.10. The Morgan fingerprint density at radius 1 is 1.06 bits per heavy atom. The summed E-state index contributed by atoms with van der Waals surface area (Å²) in [5.41, 5.74) is 1.77. The number of aliphatic hydroxyl groups excluding tert-OH is 1. The molecule has 8 heteroatoms. The molecule has 0 bridgehead atoms. The largest absolute Gasteiger partial charge is 0.507 e. The number of rotatable bonds is 5. The number of anilines is 1. The fraction of sp³-hybridized carbons (Fsp3) is 0.167. The minimum Gasteiger partial charge on any atom is -0.507 e. The topological polar surface area (TPSA) is 76.1 Å². The normalized spacial score (nSPS) is 17.6. The molecule has 1 unspecified atom stereocenters. The number of thiophene rings is 1. The molecular formula is C24H20ClNO5S. The first-order chi connectivity index (χ1) is 15.4. The number of carbonyl (C=O) groups excluding carboxylic acids is 2. The summed E-state index contributed by atoms with van der Waals surface area (Å²) in [4.78, 5) is 28.5. The Hall–Kier alpha value is -3.29. The number of aliphatic hydroxyl groups is 1. The lowest BCUT2D eigenvalue weighted by atomic mass is 9.98. The number of hydrogen-bond acceptors (Lipinski definition) is 6. The van der Waals surface area contributed by atoms with Crippen LogP contribution in [0.2, 0.25) is 5.02 Å². The molecule has 6 nitrogen and oxygen atoms in total. The molecule has 1 aromatic heterocycles. The fourth-order valence-corrected chi connectivity index (χ4v) is 5.01. The van der Waals surface area contributed by atoms with Gasteiger partial charge in [0.15, 0.2) is 0 Å². The molecule has 164 valence electrons. The number of methoxy groups -OCH3 is 2. The van der Waals surface area contributed by atoms with Gasteiger partial charge in [0.05, 0.1) is 24.8 Å². The average molecular weight is 470 g/mol. The Balaban J connectivity index is 1.91. The molecule has 1 fully saturated rings. The van der Waals surface area contributed by atoms with Gasteiger partial charge in [-0.2, -0.15) is 0 Å². The number of nitrogens with zero attached hydrogens (tertiary/aromatic N) is 1. The second kappa shape index (κ2) is 8.68. The van der Waals surface area contributed by atoms with E-state index in [-0.39, 0.29) is 16.4 Å². The fourth-order valence-electron chi connectivity index (χ4n) is 3.72. The summed E-state index contributed by atoms with van der Waals surface area (Å²) >= 11 is 7.65. The summed E-state index contributed by atoms with van der Waals surface area (Å²) < 4.78 is 10.4. The Labute approximate surface area is 194 Å². The minimum absolute atomic E-state index is 0.0117. The van der Waals surface area contributed by atoms with Crippen LogP contribution in [0, 0.1) is 6.92 Å². The first-order valence-corrected chi connectivity index (χ1v) is 11.0. The van der Waals surface area contributed by atoms with Crippen molar-refractivity contribution in [2.24, 2.45) is 0 Å². The van der Waals surface area contributed by atoms with E-state index in [1.807, 2.05) is 18.4 Å². The van der Waals surface area contributed by atoms with Crippen molar-refractivity contribution in [3.8, 4) is 11.5 Å². The van der Waals surface area contributed by atoms with Gasteiger partial charge in [0.1, 0.15) is 23.3 Å². The maximum atomic E-state index is 13.2. The number of aryl methyl sites for hydroxylation is 1. The van der Waals surface area contributed by atoms with Gasteiger partial charge < -0.3 is 14.6 Å². The summed E-state index contributed by atoms with van der Waals surface area (Å²) in [5.74, 6) is -0.700. The summed E-state index contributed by atoms with van der Waals surface area (Å²) in [7, 11) is 3.04. The van der Waals surface area contributed by atoms with Gasteiger partial charge in [-0.1, -0.05) is 11.6 Å². The van der Waals surface area contributed by atoms with Crippen LogP contribution in [0.25, 0.3) is 5.76 Å². The van der Waals surface area contributed by atoms with Gasteiger partial charge in [0.25, 0.3) is 11.7 Å². The third kappa shape index (κ3) is 3.63. The Morgan fingerprint density at radius 2 is 1.78 bits per heavy atom. The van der Waals surface area contributed by atoms with Crippen LogP contribution in [-0.4, -0.2) is 31.0 Å². The highest BCUT2D eigenvalue weighted by Gasteiger charge is 2.48. The van der Waals surface area contributed by atoms with E-state index in [0.29, 0.717) is 22.7 Å². The second-order valence-electron chi connectivity index (χ2n) is 7.18. The standard InChI is InChI=1S/C24H20ClNO5S/c1-13-10-11-32-23(13)20-19(21(27)14-4-9-18(31-3)17(25)12-14)22(28)24(29)26(20)15-5-7-16(30-2)8-6-15/h4-12,20,27H,1-3H3/b21-19-. The van der Waals surface area contributed by atoms with Crippen LogP contribution in [0.5, 0.6) is 11.5 Å². The van der Waals surface area contributed by atoms with Crippen molar-refractivity contribution in [1.29, 1.82) is 0 Å². The van der Waals surface area contributed by atoms with Crippen LogP contribution in [0.15, 0.2) is 59.5 Å². The first-order valence-electron chi connectivity index (χ1n) is 9.70. The number of ketones is 1. The van der Waals surface area contributed by atoms with Crippen molar-refractivity contribution in [3.05, 3.63) is 80.5 Å². The van der Waals surface area contributed by atoms with Crippen molar-refractivity contribution in [3.63, 3.8) is 0 Å². The van der Waals surface area contributed by atoms with Crippen LogP contribution in [0.1, 0.15) is 22.0 Å². The Morgan fingerprint density at radius 3 is 2.34 bits per heavy atom. The van der Waals surface area contributed by atoms with E-state index < -0.39 is 17.7 Å². The van der Waals surface area contributed by atoms with Crippen molar-refractivity contribution < 1.29 is 24.2 Å². The molecule has 2 heterocycles. The van der Waals surface area contributed by atoms with E-state index in [4.69, 9.17) is 21.1 Å². The smallest absolute Gasteiger partial charge is 0.300 e. The van der Waals surface area contributed by atoms with Crippen LogP contribution in [-0.2, 0) is 9.59 Å². The lowest BCUT2D eigenvalue weighted by Gasteiger charge is -2.25. The van der Waals surface area contributed by atoms with E-state index in [1.54, 1.807) is 43.5 Å². The molecule has 1 N–H and O–H groups in total. The highest BCUT2D eigenvalue weighted by Crippen LogP contribution is 2.45. The maximum Gasteiger partial charge on any atom is 0.300 e. The zero-order chi connectivity index (χ0) is 23.0. The third-order valence-electron chi connectivity index (χ3n) is 5.37. The molecule has 1 amide bonds. The monoisotopic (exact) mass is 469 g/mol. The summed E-state index contributed by atoms with van der Waals surface area (Å²) in [5, 5.41) is 13.3. The third-order valence-corrected chi connectivity index (χ3v) is 6.74. The predicted octanol–water partition coefficient (Wildman–Crippen LogP) is 5.35. The minimum atomic E-state index is -0.774. The average Bonchev–Trinajstić information content (AvgIpc) is 3.33. The molecular weight excluding hydrogens is 450 g/mol. The van der Waals surface area contributed by atoms with E-state index in [2.05, 4.69) is 0 Å².